The van der Waals surface area contributed by atoms with Crippen LogP contribution in [0.15, 0.2) is 0 Å². The topological polar surface area (TPSA) is 55.2 Å². The number of halogens is 1. The molecular formula is C10H15ClN2O2. The molecule has 0 aliphatic rings. The Balaban J connectivity index is 2.80. The first-order chi connectivity index (χ1) is 7.19. The molecule has 84 valence electrons. The van der Waals surface area contributed by atoms with Crippen molar-refractivity contribution < 1.29 is 9.84 Å². The van der Waals surface area contributed by atoms with Crippen molar-refractivity contribution >= 4 is 11.6 Å². The number of aliphatic hydroxyl groups is 1. The van der Waals surface area contributed by atoms with Crippen LogP contribution < -0.4 is 4.74 Å². The molecule has 0 aliphatic carbocycles. The van der Waals surface area contributed by atoms with E-state index in [0.717, 1.165) is 12.0 Å². The minimum Gasteiger partial charge on any atom is -0.477 e. The number of nitrogens with zero attached hydrogens (tertiary/aromatic N) is 2. The zero-order valence-corrected chi connectivity index (χ0v) is 9.71. The van der Waals surface area contributed by atoms with E-state index in [1.165, 1.54) is 0 Å². The van der Waals surface area contributed by atoms with Gasteiger partial charge in [-0.3, -0.25) is 0 Å². The highest BCUT2D eigenvalue weighted by Gasteiger charge is 2.09. The van der Waals surface area contributed by atoms with E-state index in [1.807, 2.05) is 13.8 Å². The molecule has 0 amide bonds. The molecule has 0 aliphatic heterocycles. The van der Waals surface area contributed by atoms with Crippen molar-refractivity contribution in [3.05, 3.63) is 16.5 Å². The third kappa shape index (κ3) is 3.32. The standard InChI is InChI=1S/C10H15ClN2O2/c1-3-8-12-9(11)7(2)10(13-8)15-6-4-5-14/h14H,3-6H2,1-2H3. The van der Waals surface area contributed by atoms with E-state index in [1.54, 1.807) is 0 Å². The fraction of sp³-hybridized carbons (Fsp3) is 0.600. The Hall–Kier alpha value is -0.870. The van der Waals surface area contributed by atoms with Crippen LogP contribution in [0.1, 0.15) is 24.7 Å². The maximum absolute atomic E-state index is 8.63. The largest absolute Gasteiger partial charge is 0.477 e. The summed E-state index contributed by atoms with van der Waals surface area (Å²) in [5, 5.41) is 9.06. The van der Waals surface area contributed by atoms with Crippen LogP contribution in [0.4, 0.5) is 0 Å². The second-order valence-corrected chi connectivity index (χ2v) is 3.50. The maximum Gasteiger partial charge on any atom is 0.221 e. The van der Waals surface area contributed by atoms with E-state index in [9.17, 15) is 0 Å². The molecule has 0 atom stereocenters. The van der Waals surface area contributed by atoms with Crippen molar-refractivity contribution in [1.29, 1.82) is 0 Å². The normalized spacial score (nSPS) is 10.4. The zero-order chi connectivity index (χ0) is 11.3. The van der Waals surface area contributed by atoms with Crippen LogP contribution in [0.5, 0.6) is 5.88 Å². The van der Waals surface area contributed by atoms with Gasteiger partial charge in [0.25, 0.3) is 0 Å². The van der Waals surface area contributed by atoms with E-state index >= 15 is 0 Å². The van der Waals surface area contributed by atoms with Gasteiger partial charge < -0.3 is 9.84 Å². The molecule has 4 nitrogen and oxygen atoms in total. The summed E-state index contributed by atoms with van der Waals surface area (Å²) >= 11 is 5.93. The summed E-state index contributed by atoms with van der Waals surface area (Å²) in [6, 6.07) is 0. The second kappa shape index (κ2) is 5.88. The van der Waals surface area contributed by atoms with Gasteiger partial charge in [-0.15, -0.1) is 0 Å². The number of hydrogen-bond donors (Lipinski definition) is 1. The Kier molecular flexibility index (Phi) is 4.78. The lowest BCUT2D eigenvalue weighted by molar-refractivity contribution is 0.228. The van der Waals surface area contributed by atoms with Gasteiger partial charge in [0.15, 0.2) is 0 Å². The fourth-order valence-corrected chi connectivity index (χ4v) is 1.22. The van der Waals surface area contributed by atoms with Crippen molar-refractivity contribution in [2.45, 2.75) is 26.7 Å². The number of aryl methyl sites for hydroxylation is 1. The number of aliphatic hydroxyl groups excluding tert-OH is 1. The van der Waals surface area contributed by atoms with Gasteiger partial charge in [-0.25, -0.2) is 4.98 Å². The third-order valence-electron chi connectivity index (χ3n) is 1.95. The first-order valence-corrected chi connectivity index (χ1v) is 5.33. The van der Waals surface area contributed by atoms with Gasteiger partial charge in [-0.05, 0) is 6.92 Å². The van der Waals surface area contributed by atoms with Crippen molar-refractivity contribution in [2.75, 3.05) is 13.2 Å². The molecule has 0 bridgehead atoms. The smallest absolute Gasteiger partial charge is 0.221 e. The molecule has 0 fully saturated rings. The van der Waals surface area contributed by atoms with Gasteiger partial charge in [0.2, 0.25) is 5.88 Å². The van der Waals surface area contributed by atoms with Gasteiger partial charge in [0, 0.05) is 25.0 Å². The van der Waals surface area contributed by atoms with Crippen LogP contribution in [0.2, 0.25) is 5.15 Å². The van der Waals surface area contributed by atoms with Crippen LogP contribution in [0, 0.1) is 6.92 Å². The highest BCUT2D eigenvalue weighted by atomic mass is 35.5. The third-order valence-corrected chi connectivity index (χ3v) is 2.31. The molecule has 0 unspecified atom stereocenters. The lowest BCUT2D eigenvalue weighted by Gasteiger charge is -2.09. The van der Waals surface area contributed by atoms with Crippen molar-refractivity contribution in [1.82, 2.24) is 9.97 Å². The average Bonchev–Trinajstić information content (AvgIpc) is 2.24. The number of rotatable bonds is 5. The Morgan fingerprint density at radius 2 is 2.13 bits per heavy atom. The minimum atomic E-state index is 0.110. The van der Waals surface area contributed by atoms with Crippen LogP contribution in [-0.4, -0.2) is 28.3 Å². The van der Waals surface area contributed by atoms with Crippen molar-refractivity contribution in [3.63, 3.8) is 0 Å². The number of aromatic nitrogens is 2. The van der Waals surface area contributed by atoms with Crippen molar-refractivity contribution in [3.8, 4) is 5.88 Å². The Morgan fingerprint density at radius 3 is 2.73 bits per heavy atom. The van der Waals surface area contributed by atoms with Crippen LogP contribution in [0.3, 0.4) is 0 Å². The minimum absolute atomic E-state index is 0.110. The van der Waals surface area contributed by atoms with E-state index in [-0.39, 0.29) is 6.61 Å². The highest BCUT2D eigenvalue weighted by molar-refractivity contribution is 6.30. The summed E-state index contributed by atoms with van der Waals surface area (Å²) in [4.78, 5) is 8.33. The van der Waals surface area contributed by atoms with Crippen LogP contribution >= 0.6 is 11.6 Å². The fourth-order valence-electron chi connectivity index (χ4n) is 1.04. The second-order valence-electron chi connectivity index (χ2n) is 3.14. The molecule has 0 spiro atoms. The van der Waals surface area contributed by atoms with E-state index < -0.39 is 0 Å². The lowest BCUT2D eigenvalue weighted by atomic mass is 10.3. The summed E-state index contributed by atoms with van der Waals surface area (Å²) in [7, 11) is 0. The van der Waals surface area contributed by atoms with E-state index in [4.69, 9.17) is 21.4 Å². The monoisotopic (exact) mass is 230 g/mol. The van der Waals surface area contributed by atoms with Gasteiger partial charge >= 0.3 is 0 Å². The Labute approximate surface area is 94.3 Å². The number of hydrogen-bond acceptors (Lipinski definition) is 4. The molecule has 0 saturated carbocycles. The van der Waals surface area contributed by atoms with Gasteiger partial charge in [-0.1, -0.05) is 18.5 Å². The van der Waals surface area contributed by atoms with Crippen LogP contribution in [0.25, 0.3) is 0 Å². The molecule has 1 aromatic heterocycles. The van der Waals surface area contributed by atoms with Crippen LogP contribution in [-0.2, 0) is 6.42 Å². The lowest BCUT2D eigenvalue weighted by Crippen LogP contribution is -2.06. The maximum atomic E-state index is 8.63. The quantitative estimate of drug-likeness (QED) is 0.619. The predicted octanol–water partition coefficient (Wildman–Crippen LogP) is 1.76. The SMILES string of the molecule is CCc1nc(Cl)c(C)c(OCCCO)n1. The summed E-state index contributed by atoms with van der Waals surface area (Å²) in [5.41, 5.74) is 0.742. The molecule has 0 saturated heterocycles. The van der Waals surface area contributed by atoms with Gasteiger partial charge in [-0.2, -0.15) is 4.98 Å². The molecular weight excluding hydrogens is 216 g/mol. The van der Waals surface area contributed by atoms with E-state index in [2.05, 4.69) is 9.97 Å². The van der Waals surface area contributed by atoms with E-state index in [0.29, 0.717) is 29.9 Å². The first-order valence-electron chi connectivity index (χ1n) is 4.95. The molecule has 5 heteroatoms. The summed E-state index contributed by atoms with van der Waals surface area (Å²) in [6.07, 6.45) is 1.30. The summed E-state index contributed by atoms with van der Waals surface area (Å²) in [6.45, 7) is 4.32. The Bertz CT molecular complexity index is 331. The Morgan fingerprint density at radius 1 is 1.40 bits per heavy atom. The molecule has 15 heavy (non-hydrogen) atoms. The molecule has 1 rings (SSSR count). The van der Waals surface area contributed by atoms with Gasteiger partial charge in [0.1, 0.15) is 11.0 Å². The average molecular weight is 231 g/mol. The van der Waals surface area contributed by atoms with Gasteiger partial charge in [0.05, 0.1) is 6.61 Å². The first kappa shape index (κ1) is 12.2. The molecule has 1 heterocycles. The zero-order valence-electron chi connectivity index (χ0n) is 8.96. The van der Waals surface area contributed by atoms with Crippen molar-refractivity contribution in [2.24, 2.45) is 0 Å². The molecule has 1 aromatic rings. The highest BCUT2D eigenvalue weighted by Crippen LogP contribution is 2.21. The molecule has 0 radical (unpaired) electrons. The summed E-state index contributed by atoms with van der Waals surface area (Å²) in [5.74, 6) is 1.19. The summed E-state index contributed by atoms with van der Waals surface area (Å²) < 4.78 is 5.40. The molecule has 1 N–H and O–H groups in total. The molecule has 0 aromatic carbocycles. The predicted molar refractivity (Wildman–Crippen MR) is 58.4 cm³/mol. The number of ether oxygens (including phenoxy) is 1.